The maximum Gasteiger partial charge on any atom is 0.335 e. The first-order valence-corrected chi connectivity index (χ1v) is 10.3. The summed E-state index contributed by atoms with van der Waals surface area (Å²) >= 11 is 0. The number of ether oxygens (including phenoxy) is 4. The normalized spacial score (nSPS) is 30.7. The summed E-state index contributed by atoms with van der Waals surface area (Å²) in [6, 6.07) is 6.93. The highest BCUT2D eigenvalue weighted by atomic mass is 16.7. The summed E-state index contributed by atoms with van der Waals surface area (Å²) in [4.78, 5) is 11.3. The van der Waals surface area contributed by atoms with Crippen LogP contribution in [0, 0.1) is 0 Å². The maximum atomic E-state index is 11.3. The zero-order chi connectivity index (χ0) is 24.7. The lowest BCUT2D eigenvalue weighted by Gasteiger charge is -2.38. The van der Waals surface area contributed by atoms with E-state index in [-0.39, 0.29) is 40.7 Å². The largest absolute Gasteiger partial charge is 0.507 e. The molecule has 184 valence electrons. The minimum atomic E-state index is -1.88. The van der Waals surface area contributed by atoms with E-state index >= 15 is 0 Å². The van der Waals surface area contributed by atoms with Gasteiger partial charge in [0.2, 0.25) is 6.29 Å². The van der Waals surface area contributed by atoms with Crippen molar-refractivity contribution in [2.75, 3.05) is 7.11 Å². The maximum absolute atomic E-state index is 11.3. The van der Waals surface area contributed by atoms with Crippen molar-refractivity contribution >= 4 is 5.97 Å². The molecule has 2 aromatic rings. The summed E-state index contributed by atoms with van der Waals surface area (Å²) in [7, 11) is 1.38. The Balaban J connectivity index is 1.60. The molecule has 0 saturated carbocycles. The quantitative estimate of drug-likeness (QED) is 0.288. The Labute approximate surface area is 192 Å². The van der Waals surface area contributed by atoms with Crippen molar-refractivity contribution in [2.24, 2.45) is 0 Å². The van der Waals surface area contributed by atoms with E-state index in [2.05, 4.69) is 0 Å². The number of carbonyl (C=O) groups is 1. The topological polar surface area (TPSA) is 196 Å². The fourth-order valence-electron chi connectivity index (χ4n) is 3.96. The number of methoxy groups -OCH3 is 1. The van der Waals surface area contributed by atoms with Gasteiger partial charge in [0.25, 0.3) is 0 Å². The van der Waals surface area contributed by atoms with E-state index in [0.717, 1.165) is 6.07 Å². The van der Waals surface area contributed by atoms with Crippen LogP contribution in [0.2, 0.25) is 0 Å². The van der Waals surface area contributed by atoms with Gasteiger partial charge in [-0.05, 0) is 17.7 Å². The molecular formula is C22H24O12. The van der Waals surface area contributed by atoms with E-state index in [0.29, 0.717) is 5.56 Å². The van der Waals surface area contributed by atoms with Gasteiger partial charge in [-0.2, -0.15) is 0 Å². The fourth-order valence-corrected chi connectivity index (χ4v) is 3.96. The first kappa shape index (κ1) is 23.9. The summed E-state index contributed by atoms with van der Waals surface area (Å²) in [5, 5.41) is 70.0. The number of aliphatic carboxylic acids is 1. The lowest BCUT2D eigenvalue weighted by atomic mass is 9.94. The SMILES string of the molecule is COc1cc([C@H]2Oc3cc(O[C@@H]4O[C@H](C(=O)O)[C@@H](O)[C@H](O)[C@H]4O)cc(O)c3C[C@H]2O)ccc1O. The molecule has 1 saturated heterocycles. The van der Waals surface area contributed by atoms with Crippen LogP contribution in [0.3, 0.4) is 0 Å². The Bertz CT molecular complexity index is 1070. The molecule has 1 fully saturated rings. The third kappa shape index (κ3) is 4.29. The van der Waals surface area contributed by atoms with Crippen LogP contribution in [-0.2, 0) is 16.0 Å². The molecule has 7 atom stereocenters. The van der Waals surface area contributed by atoms with E-state index in [4.69, 9.17) is 18.9 Å². The number of aromatic hydroxyl groups is 2. The van der Waals surface area contributed by atoms with Crippen molar-refractivity contribution in [1.82, 2.24) is 0 Å². The third-order valence-electron chi connectivity index (χ3n) is 5.77. The van der Waals surface area contributed by atoms with E-state index in [1.807, 2.05) is 0 Å². The molecule has 2 aliphatic rings. The molecule has 2 aliphatic heterocycles. The Morgan fingerprint density at radius 3 is 2.41 bits per heavy atom. The molecule has 2 aromatic carbocycles. The number of carboxylic acids is 1. The van der Waals surface area contributed by atoms with Gasteiger partial charge in [-0.25, -0.2) is 4.79 Å². The number of rotatable bonds is 5. The number of benzene rings is 2. The molecule has 0 bridgehead atoms. The zero-order valence-electron chi connectivity index (χ0n) is 17.8. The van der Waals surface area contributed by atoms with E-state index < -0.39 is 48.9 Å². The number of phenols is 2. The Morgan fingerprint density at radius 2 is 1.74 bits per heavy atom. The first-order chi connectivity index (χ1) is 16.1. The summed E-state index contributed by atoms with van der Waals surface area (Å²) < 4.78 is 21.5. The number of hydrogen-bond donors (Lipinski definition) is 7. The molecule has 0 radical (unpaired) electrons. The van der Waals surface area contributed by atoms with Gasteiger partial charge in [0.1, 0.15) is 41.7 Å². The van der Waals surface area contributed by atoms with Crippen LogP contribution in [0.25, 0.3) is 0 Å². The van der Waals surface area contributed by atoms with Crippen LogP contribution >= 0.6 is 0 Å². The highest BCUT2D eigenvalue weighted by Crippen LogP contribution is 2.43. The van der Waals surface area contributed by atoms with Crippen LogP contribution in [-0.4, -0.2) is 85.6 Å². The van der Waals surface area contributed by atoms with Gasteiger partial charge in [-0.15, -0.1) is 0 Å². The summed E-state index contributed by atoms with van der Waals surface area (Å²) in [5.41, 5.74) is 0.775. The molecule has 12 heteroatoms. The van der Waals surface area contributed by atoms with Crippen molar-refractivity contribution in [1.29, 1.82) is 0 Å². The predicted molar refractivity (Wildman–Crippen MR) is 111 cm³/mol. The third-order valence-corrected chi connectivity index (χ3v) is 5.77. The number of aliphatic hydroxyl groups excluding tert-OH is 4. The van der Waals surface area contributed by atoms with Gasteiger partial charge in [-0.3, -0.25) is 0 Å². The molecule has 0 aromatic heterocycles. The molecule has 12 nitrogen and oxygen atoms in total. The average Bonchev–Trinajstić information content (AvgIpc) is 2.80. The summed E-state index contributed by atoms with van der Waals surface area (Å²) in [6.45, 7) is 0. The van der Waals surface area contributed by atoms with Crippen LogP contribution in [0.15, 0.2) is 30.3 Å². The number of aliphatic hydroxyl groups is 4. The Hall–Kier alpha value is -3.29. The number of fused-ring (bicyclic) bond motifs is 1. The summed E-state index contributed by atoms with van der Waals surface area (Å²) in [5.74, 6) is -1.73. The van der Waals surface area contributed by atoms with E-state index in [1.165, 1.54) is 25.3 Å². The van der Waals surface area contributed by atoms with Crippen molar-refractivity contribution in [3.05, 3.63) is 41.5 Å². The van der Waals surface area contributed by atoms with Crippen LogP contribution in [0.5, 0.6) is 28.7 Å². The van der Waals surface area contributed by atoms with Crippen molar-refractivity contribution in [3.63, 3.8) is 0 Å². The van der Waals surface area contributed by atoms with Gasteiger partial charge >= 0.3 is 5.97 Å². The number of hydrogen-bond acceptors (Lipinski definition) is 11. The molecule has 0 spiro atoms. The monoisotopic (exact) mass is 480 g/mol. The van der Waals surface area contributed by atoms with Gasteiger partial charge in [0, 0.05) is 24.1 Å². The van der Waals surface area contributed by atoms with Crippen LogP contribution in [0.4, 0.5) is 0 Å². The molecule has 7 N–H and O–H groups in total. The summed E-state index contributed by atoms with van der Waals surface area (Å²) in [6.07, 6.45) is -11.0. The number of phenolic OH excluding ortho intramolecular Hbond substituents is 2. The van der Waals surface area contributed by atoms with Gasteiger partial charge in [0.15, 0.2) is 17.6 Å². The molecule has 4 rings (SSSR count). The van der Waals surface area contributed by atoms with Crippen molar-refractivity contribution < 1.29 is 59.5 Å². The van der Waals surface area contributed by atoms with Crippen LogP contribution in [0.1, 0.15) is 17.2 Å². The van der Waals surface area contributed by atoms with E-state index in [1.54, 1.807) is 6.07 Å². The molecule has 0 amide bonds. The van der Waals surface area contributed by atoms with Crippen LogP contribution < -0.4 is 14.2 Å². The fraction of sp³-hybridized carbons (Fsp3) is 0.409. The first-order valence-electron chi connectivity index (χ1n) is 10.3. The molecule has 2 heterocycles. The second-order valence-corrected chi connectivity index (χ2v) is 8.01. The Kier molecular flexibility index (Phi) is 6.43. The highest BCUT2D eigenvalue weighted by Gasteiger charge is 2.48. The predicted octanol–water partition coefficient (Wildman–Crippen LogP) is -0.586. The molecule has 0 aliphatic carbocycles. The minimum Gasteiger partial charge on any atom is -0.507 e. The molecule has 34 heavy (non-hydrogen) atoms. The smallest absolute Gasteiger partial charge is 0.335 e. The lowest BCUT2D eigenvalue weighted by Crippen LogP contribution is -2.61. The minimum absolute atomic E-state index is 0.0177. The van der Waals surface area contributed by atoms with E-state index in [9.17, 15) is 40.5 Å². The average molecular weight is 480 g/mol. The lowest BCUT2D eigenvalue weighted by molar-refractivity contribution is -0.271. The molecular weight excluding hydrogens is 456 g/mol. The standard InChI is InChI=1S/C22H24O12/c1-31-15-4-8(2-3-11(15)23)19-13(25)7-10-12(24)5-9(6-14(10)33-19)32-22-18(28)16(26)17(27)20(34-22)21(29)30/h2-6,13,16-20,22-28H,7H2,1H3,(H,29,30)/t13-,16+,17+,18-,19-,20+,22-/m1/s1. The number of carboxylic acid groups (broad SMARTS) is 1. The second kappa shape index (κ2) is 9.16. The van der Waals surface area contributed by atoms with Crippen molar-refractivity contribution in [2.45, 2.75) is 49.3 Å². The molecule has 0 unspecified atom stereocenters. The highest BCUT2D eigenvalue weighted by molar-refractivity contribution is 5.73. The second-order valence-electron chi connectivity index (χ2n) is 8.01. The van der Waals surface area contributed by atoms with Gasteiger partial charge in [0.05, 0.1) is 13.2 Å². The van der Waals surface area contributed by atoms with Crippen molar-refractivity contribution in [3.8, 4) is 28.7 Å². The van der Waals surface area contributed by atoms with Gasteiger partial charge in [-0.1, -0.05) is 6.07 Å². The Morgan fingerprint density at radius 1 is 1.00 bits per heavy atom. The zero-order valence-corrected chi connectivity index (χ0v) is 17.8. The van der Waals surface area contributed by atoms with Gasteiger partial charge < -0.3 is 54.7 Å².